The number of aryl methyl sites for hydroxylation is 1. The Morgan fingerprint density at radius 2 is 2.38 bits per heavy atom. The lowest BCUT2D eigenvalue weighted by molar-refractivity contribution is -0.136. The van der Waals surface area contributed by atoms with Crippen LogP contribution in [0, 0.1) is 6.92 Å². The number of hydrogen-bond donors (Lipinski definition) is 1. The van der Waals surface area contributed by atoms with Crippen molar-refractivity contribution in [2.75, 3.05) is 0 Å². The lowest BCUT2D eigenvalue weighted by atomic mass is 10.1. The molecule has 0 fully saturated rings. The highest BCUT2D eigenvalue weighted by molar-refractivity contribution is 7.19. The molecule has 2 aromatic heterocycles. The third-order valence-electron chi connectivity index (χ3n) is 2.11. The van der Waals surface area contributed by atoms with Gasteiger partial charge in [0.1, 0.15) is 0 Å². The molecule has 0 aliphatic carbocycles. The summed E-state index contributed by atoms with van der Waals surface area (Å²) in [6, 6.07) is 3.53. The number of hydrogen-bond acceptors (Lipinski definition) is 4. The molecular weight excluding hydrogens is 250 g/mol. The lowest BCUT2D eigenvalue weighted by Gasteiger charge is -1.95. The molecule has 0 saturated carbocycles. The second kappa shape index (κ2) is 4.27. The van der Waals surface area contributed by atoms with Gasteiger partial charge in [-0.1, -0.05) is 16.8 Å². The van der Waals surface area contributed by atoms with E-state index in [0.717, 1.165) is 4.88 Å². The molecule has 0 bridgehead atoms. The van der Waals surface area contributed by atoms with Crippen LogP contribution < -0.4 is 0 Å². The van der Waals surface area contributed by atoms with Gasteiger partial charge in [-0.15, -0.1) is 11.3 Å². The first-order chi connectivity index (χ1) is 7.58. The van der Waals surface area contributed by atoms with Crippen molar-refractivity contribution < 1.29 is 14.4 Å². The number of halogens is 1. The maximum atomic E-state index is 10.7. The van der Waals surface area contributed by atoms with Crippen LogP contribution in [-0.2, 0) is 11.2 Å². The normalized spacial score (nSPS) is 10.6. The summed E-state index contributed by atoms with van der Waals surface area (Å²) in [5, 5.41) is 12.6. The van der Waals surface area contributed by atoms with Crippen molar-refractivity contribution in [2.24, 2.45) is 0 Å². The molecular formula is C10H8ClNO3S. The zero-order chi connectivity index (χ0) is 11.7. The fourth-order valence-corrected chi connectivity index (χ4v) is 2.43. The van der Waals surface area contributed by atoms with Crippen molar-refractivity contribution in [1.82, 2.24) is 5.16 Å². The molecule has 2 heterocycles. The van der Waals surface area contributed by atoms with E-state index in [1.807, 2.05) is 0 Å². The first-order valence-corrected chi connectivity index (χ1v) is 5.70. The van der Waals surface area contributed by atoms with E-state index in [0.29, 0.717) is 21.4 Å². The van der Waals surface area contributed by atoms with E-state index in [1.165, 1.54) is 11.3 Å². The summed E-state index contributed by atoms with van der Waals surface area (Å²) in [6.07, 6.45) is -0.0970. The minimum absolute atomic E-state index is 0.0970. The first kappa shape index (κ1) is 11.2. The van der Waals surface area contributed by atoms with Crippen LogP contribution in [0.1, 0.15) is 11.3 Å². The SMILES string of the molecule is Cc1noc(-c2ccc(Cl)s2)c1CC(=O)O. The van der Waals surface area contributed by atoms with E-state index in [-0.39, 0.29) is 6.42 Å². The van der Waals surface area contributed by atoms with Gasteiger partial charge in [-0.3, -0.25) is 4.79 Å². The molecule has 2 aromatic rings. The van der Waals surface area contributed by atoms with Gasteiger partial charge in [0.05, 0.1) is 21.3 Å². The third kappa shape index (κ3) is 2.10. The van der Waals surface area contributed by atoms with Gasteiger partial charge in [-0.25, -0.2) is 0 Å². The number of thiophene rings is 1. The maximum Gasteiger partial charge on any atom is 0.308 e. The summed E-state index contributed by atoms with van der Waals surface area (Å²) < 4.78 is 5.76. The summed E-state index contributed by atoms with van der Waals surface area (Å²) in [5.41, 5.74) is 1.20. The number of aromatic nitrogens is 1. The largest absolute Gasteiger partial charge is 0.481 e. The Balaban J connectivity index is 2.45. The van der Waals surface area contributed by atoms with E-state index in [9.17, 15) is 4.79 Å². The van der Waals surface area contributed by atoms with Crippen molar-refractivity contribution in [2.45, 2.75) is 13.3 Å². The van der Waals surface area contributed by atoms with E-state index in [2.05, 4.69) is 5.16 Å². The van der Waals surface area contributed by atoms with Gasteiger partial charge in [-0.05, 0) is 19.1 Å². The molecule has 2 rings (SSSR count). The number of aliphatic carboxylic acids is 1. The van der Waals surface area contributed by atoms with Crippen LogP contribution in [0.4, 0.5) is 0 Å². The second-order valence-corrected chi connectivity index (χ2v) is 4.97. The quantitative estimate of drug-likeness (QED) is 0.918. The second-order valence-electron chi connectivity index (χ2n) is 3.25. The molecule has 0 aliphatic rings. The summed E-state index contributed by atoms with van der Waals surface area (Å²) in [5.74, 6) is -0.410. The predicted molar refractivity (Wildman–Crippen MR) is 60.9 cm³/mol. The number of carboxylic acid groups (broad SMARTS) is 1. The molecule has 84 valence electrons. The Bertz CT molecular complexity index is 532. The molecule has 0 atom stereocenters. The number of nitrogens with zero attached hydrogens (tertiary/aromatic N) is 1. The Kier molecular flexibility index (Phi) is 2.98. The highest BCUT2D eigenvalue weighted by Gasteiger charge is 2.18. The van der Waals surface area contributed by atoms with Gasteiger partial charge in [-0.2, -0.15) is 0 Å². The van der Waals surface area contributed by atoms with Crippen LogP contribution in [0.15, 0.2) is 16.7 Å². The fraction of sp³-hybridized carbons (Fsp3) is 0.200. The van der Waals surface area contributed by atoms with Crippen molar-refractivity contribution in [3.8, 4) is 10.6 Å². The standard InChI is InChI=1S/C10H8ClNO3S/c1-5-6(4-9(13)14)10(15-12-5)7-2-3-8(11)16-7/h2-3H,4H2,1H3,(H,13,14). The highest BCUT2D eigenvalue weighted by Crippen LogP contribution is 2.34. The Morgan fingerprint density at radius 3 is 2.94 bits per heavy atom. The molecule has 0 aromatic carbocycles. The van der Waals surface area contributed by atoms with Crippen LogP contribution >= 0.6 is 22.9 Å². The van der Waals surface area contributed by atoms with Crippen LogP contribution in [0.2, 0.25) is 4.34 Å². The zero-order valence-electron chi connectivity index (χ0n) is 8.36. The number of carboxylic acids is 1. The summed E-state index contributed by atoms with van der Waals surface area (Å²) in [7, 11) is 0. The molecule has 0 radical (unpaired) electrons. The van der Waals surface area contributed by atoms with Gasteiger partial charge in [0.2, 0.25) is 0 Å². The van der Waals surface area contributed by atoms with Gasteiger partial charge in [0.15, 0.2) is 5.76 Å². The average Bonchev–Trinajstić information content (AvgIpc) is 2.75. The molecule has 6 heteroatoms. The fourth-order valence-electron chi connectivity index (χ4n) is 1.38. The third-order valence-corrected chi connectivity index (χ3v) is 3.34. The van der Waals surface area contributed by atoms with Gasteiger partial charge < -0.3 is 9.63 Å². The molecule has 0 spiro atoms. The average molecular weight is 258 g/mol. The Morgan fingerprint density at radius 1 is 1.62 bits per heavy atom. The molecule has 4 nitrogen and oxygen atoms in total. The smallest absolute Gasteiger partial charge is 0.308 e. The van der Waals surface area contributed by atoms with Crippen molar-refractivity contribution in [3.63, 3.8) is 0 Å². The maximum absolute atomic E-state index is 10.7. The molecule has 0 amide bonds. The van der Waals surface area contributed by atoms with Crippen LogP contribution in [-0.4, -0.2) is 16.2 Å². The Hall–Kier alpha value is -1.33. The lowest BCUT2D eigenvalue weighted by Crippen LogP contribution is -2.01. The molecule has 0 saturated heterocycles. The molecule has 0 unspecified atom stereocenters. The summed E-state index contributed by atoms with van der Waals surface area (Å²) in [4.78, 5) is 11.5. The topological polar surface area (TPSA) is 63.3 Å². The van der Waals surface area contributed by atoms with Crippen LogP contribution in [0.25, 0.3) is 10.6 Å². The zero-order valence-corrected chi connectivity index (χ0v) is 9.93. The molecule has 0 aliphatic heterocycles. The highest BCUT2D eigenvalue weighted by atomic mass is 35.5. The predicted octanol–water partition coefficient (Wildman–Crippen LogP) is 2.99. The monoisotopic (exact) mass is 257 g/mol. The van der Waals surface area contributed by atoms with Crippen LogP contribution in [0.5, 0.6) is 0 Å². The number of rotatable bonds is 3. The minimum Gasteiger partial charge on any atom is -0.481 e. The van der Waals surface area contributed by atoms with E-state index in [1.54, 1.807) is 19.1 Å². The van der Waals surface area contributed by atoms with Gasteiger partial charge >= 0.3 is 5.97 Å². The van der Waals surface area contributed by atoms with Gasteiger partial charge in [0, 0.05) is 5.56 Å². The van der Waals surface area contributed by atoms with E-state index in [4.69, 9.17) is 21.2 Å². The summed E-state index contributed by atoms with van der Waals surface area (Å²) in [6.45, 7) is 1.72. The van der Waals surface area contributed by atoms with Crippen LogP contribution in [0.3, 0.4) is 0 Å². The molecule has 1 N–H and O–H groups in total. The van der Waals surface area contributed by atoms with Crippen molar-refractivity contribution in [3.05, 3.63) is 27.7 Å². The first-order valence-electron chi connectivity index (χ1n) is 4.50. The van der Waals surface area contributed by atoms with E-state index < -0.39 is 5.97 Å². The van der Waals surface area contributed by atoms with Crippen molar-refractivity contribution in [1.29, 1.82) is 0 Å². The number of carbonyl (C=O) groups is 1. The Labute approximate surface area is 100 Å². The van der Waals surface area contributed by atoms with E-state index >= 15 is 0 Å². The van der Waals surface area contributed by atoms with Crippen molar-refractivity contribution >= 4 is 28.9 Å². The summed E-state index contributed by atoms with van der Waals surface area (Å²) >= 11 is 7.15. The molecule has 16 heavy (non-hydrogen) atoms. The minimum atomic E-state index is -0.907. The van der Waals surface area contributed by atoms with Gasteiger partial charge in [0.25, 0.3) is 0 Å².